The second kappa shape index (κ2) is 3.39. The largest absolute Gasteiger partial charge is 0.365 e. The Balaban J connectivity index is 2.45. The van der Waals surface area contributed by atoms with Gasteiger partial charge in [-0.25, -0.2) is 0 Å². The van der Waals surface area contributed by atoms with Gasteiger partial charge in [0, 0.05) is 26.2 Å². The van der Waals surface area contributed by atoms with E-state index in [1.807, 2.05) is 4.90 Å². The van der Waals surface area contributed by atoms with E-state index < -0.39 is 5.91 Å². The van der Waals surface area contributed by atoms with E-state index in [9.17, 15) is 4.79 Å². The molecule has 1 amide bonds. The van der Waals surface area contributed by atoms with E-state index in [-0.39, 0.29) is 0 Å². The molecule has 0 aromatic heterocycles. The molecular weight excluding hydrogens is 142 g/mol. The average Bonchev–Trinajstić information content (AvgIpc) is 2.05. The van der Waals surface area contributed by atoms with Gasteiger partial charge in [0.1, 0.15) is 0 Å². The lowest BCUT2D eigenvalue weighted by Crippen LogP contribution is -2.45. The molecule has 1 heterocycles. The Morgan fingerprint density at radius 3 is 2.45 bits per heavy atom. The monoisotopic (exact) mass is 155 g/mol. The maximum Gasteiger partial charge on any atom is 0.264 e. The van der Waals surface area contributed by atoms with Crippen LogP contribution in [0.5, 0.6) is 0 Å². The third-order valence-electron chi connectivity index (χ3n) is 1.78. The van der Waals surface area contributed by atoms with Crippen LogP contribution in [0.2, 0.25) is 0 Å². The van der Waals surface area contributed by atoms with Gasteiger partial charge in [0.25, 0.3) is 5.91 Å². The molecule has 0 unspecified atom stereocenters. The molecule has 0 atom stereocenters. The summed E-state index contributed by atoms with van der Waals surface area (Å²) < 4.78 is 0. The number of nitrogens with two attached hydrogens (primary N) is 1. The summed E-state index contributed by atoms with van der Waals surface area (Å²) in [7, 11) is 0. The minimum atomic E-state index is -0.424. The number of nitrogens with zero attached hydrogens (tertiary/aromatic N) is 1. The van der Waals surface area contributed by atoms with Crippen LogP contribution in [0, 0.1) is 0 Å². The van der Waals surface area contributed by atoms with E-state index >= 15 is 0 Å². The van der Waals surface area contributed by atoms with E-state index in [1.54, 1.807) is 0 Å². The first-order valence-corrected chi connectivity index (χ1v) is 3.66. The van der Waals surface area contributed by atoms with Crippen molar-refractivity contribution in [1.29, 1.82) is 0 Å². The fourth-order valence-electron chi connectivity index (χ4n) is 1.09. The Hall–Kier alpha value is -1.03. The lowest BCUT2D eigenvalue weighted by Gasteiger charge is -2.29. The maximum atomic E-state index is 10.7. The number of amides is 1. The third-order valence-corrected chi connectivity index (χ3v) is 1.78. The van der Waals surface area contributed by atoms with E-state index in [1.165, 1.54) is 0 Å². The topological polar surface area (TPSA) is 58.4 Å². The quantitative estimate of drug-likeness (QED) is 0.497. The van der Waals surface area contributed by atoms with Gasteiger partial charge in [0.05, 0.1) is 5.70 Å². The molecule has 0 aromatic rings. The van der Waals surface area contributed by atoms with Gasteiger partial charge in [-0.1, -0.05) is 6.58 Å². The molecule has 0 radical (unpaired) electrons. The van der Waals surface area contributed by atoms with E-state index in [0.29, 0.717) is 5.70 Å². The lowest BCUT2D eigenvalue weighted by atomic mass is 10.3. The van der Waals surface area contributed by atoms with Gasteiger partial charge in [-0.05, 0) is 0 Å². The lowest BCUT2D eigenvalue weighted by molar-refractivity contribution is -0.116. The smallest absolute Gasteiger partial charge is 0.264 e. The first-order valence-electron chi connectivity index (χ1n) is 3.66. The highest BCUT2D eigenvalue weighted by molar-refractivity contribution is 5.90. The highest BCUT2D eigenvalue weighted by Gasteiger charge is 2.14. The molecule has 62 valence electrons. The third kappa shape index (κ3) is 1.94. The SMILES string of the molecule is C=C(C(N)=O)N1CCNCC1. The molecule has 1 aliphatic rings. The van der Waals surface area contributed by atoms with Gasteiger partial charge in [0.15, 0.2) is 0 Å². The fraction of sp³-hybridized carbons (Fsp3) is 0.571. The van der Waals surface area contributed by atoms with Gasteiger partial charge in [-0.15, -0.1) is 0 Å². The van der Waals surface area contributed by atoms with E-state index in [0.717, 1.165) is 26.2 Å². The first-order chi connectivity index (χ1) is 5.22. The summed E-state index contributed by atoms with van der Waals surface area (Å²) in [4.78, 5) is 12.6. The number of nitrogens with one attached hydrogen (secondary N) is 1. The summed E-state index contributed by atoms with van der Waals surface area (Å²) in [6, 6.07) is 0. The van der Waals surface area contributed by atoms with Crippen LogP contribution in [0.15, 0.2) is 12.3 Å². The van der Waals surface area contributed by atoms with Crippen LogP contribution in [0.25, 0.3) is 0 Å². The number of hydrogen-bond acceptors (Lipinski definition) is 3. The van der Waals surface area contributed by atoms with Crippen molar-refractivity contribution in [3.63, 3.8) is 0 Å². The van der Waals surface area contributed by atoms with Crippen LogP contribution < -0.4 is 11.1 Å². The van der Waals surface area contributed by atoms with Gasteiger partial charge < -0.3 is 16.0 Å². The summed E-state index contributed by atoms with van der Waals surface area (Å²) >= 11 is 0. The fourth-order valence-corrected chi connectivity index (χ4v) is 1.09. The molecule has 0 saturated carbocycles. The van der Waals surface area contributed by atoms with Crippen LogP contribution in [-0.4, -0.2) is 37.0 Å². The van der Waals surface area contributed by atoms with Gasteiger partial charge in [-0.2, -0.15) is 0 Å². The number of primary amides is 1. The number of carbonyl (C=O) groups excluding carboxylic acids is 1. The van der Waals surface area contributed by atoms with Crippen molar-refractivity contribution in [2.24, 2.45) is 5.73 Å². The Morgan fingerprint density at radius 1 is 1.45 bits per heavy atom. The molecule has 1 aliphatic heterocycles. The first kappa shape index (κ1) is 8.07. The van der Waals surface area contributed by atoms with Crippen LogP contribution in [0.1, 0.15) is 0 Å². The highest BCUT2D eigenvalue weighted by atomic mass is 16.1. The molecule has 4 nitrogen and oxygen atoms in total. The average molecular weight is 155 g/mol. The summed E-state index contributed by atoms with van der Waals surface area (Å²) in [5.41, 5.74) is 5.49. The predicted octanol–water partition coefficient (Wildman–Crippen LogP) is -1.11. The molecule has 11 heavy (non-hydrogen) atoms. The molecule has 0 spiro atoms. The zero-order valence-corrected chi connectivity index (χ0v) is 6.47. The Kier molecular flexibility index (Phi) is 2.48. The minimum Gasteiger partial charge on any atom is -0.365 e. The maximum absolute atomic E-state index is 10.7. The Labute approximate surface area is 66.0 Å². The Bertz CT molecular complexity index is 173. The summed E-state index contributed by atoms with van der Waals surface area (Å²) in [6.45, 7) is 7.03. The van der Waals surface area contributed by atoms with Gasteiger partial charge >= 0.3 is 0 Å². The second-order valence-corrected chi connectivity index (χ2v) is 2.55. The number of piperazine rings is 1. The van der Waals surface area contributed by atoms with Crippen molar-refractivity contribution in [1.82, 2.24) is 10.2 Å². The van der Waals surface area contributed by atoms with Crippen molar-refractivity contribution in [2.45, 2.75) is 0 Å². The summed E-state index contributed by atoms with van der Waals surface area (Å²) in [5, 5.41) is 3.17. The van der Waals surface area contributed by atoms with E-state index in [2.05, 4.69) is 11.9 Å². The highest BCUT2D eigenvalue weighted by Crippen LogP contribution is 2.01. The molecule has 3 N–H and O–H groups in total. The van der Waals surface area contributed by atoms with Gasteiger partial charge in [-0.3, -0.25) is 4.79 Å². The van der Waals surface area contributed by atoms with E-state index in [4.69, 9.17) is 5.73 Å². The number of rotatable bonds is 2. The minimum absolute atomic E-state index is 0.423. The number of carbonyl (C=O) groups is 1. The van der Waals surface area contributed by atoms with Crippen molar-refractivity contribution < 1.29 is 4.79 Å². The molecule has 0 bridgehead atoms. The van der Waals surface area contributed by atoms with Crippen LogP contribution in [0.3, 0.4) is 0 Å². The normalized spacial score (nSPS) is 18.0. The zero-order valence-electron chi connectivity index (χ0n) is 6.47. The molecular formula is C7H13N3O. The van der Waals surface area contributed by atoms with Crippen LogP contribution in [-0.2, 0) is 4.79 Å². The molecule has 1 saturated heterocycles. The number of hydrogen-bond donors (Lipinski definition) is 2. The van der Waals surface area contributed by atoms with Crippen LogP contribution >= 0.6 is 0 Å². The second-order valence-electron chi connectivity index (χ2n) is 2.55. The van der Waals surface area contributed by atoms with Crippen molar-refractivity contribution in [2.75, 3.05) is 26.2 Å². The summed E-state index contributed by atoms with van der Waals surface area (Å²) in [5.74, 6) is -0.424. The zero-order chi connectivity index (χ0) is 8.27. The Morgan fingerprint density at radius 2 is 2.00 bits per heavy atom. The predicted molar refractivity (Wildman–Crippen MR) is 42.8 cm³/mol. The molecule has 1 fully saturated rings. The molecule has 0 aromatic carbocycles. The molecule has 4 heteroatoms. The molecule has 0 aliphatic carbocycles. The standard InChI is InChI=1S/C7H13N3O/c1-6(7(8)11)10-4-2-9-3-5-10/h9H,1-5H2,(H2,8,11). The van der Waals surface area contributed by atoms with Gasteiger partial charge in [0.2, 0.25) is 0 Å². The van der Waals surface area contributed by atoms with Crippen molar-refractivity contribution in [3.05, 3.63) is 12.3 Å². The van der Waals surface area contributed by atoms with Crippen molar-refractivity contribution in [3.8, 4) is 0 Å². The molecule has 1 rings (SSSR count). The summed E-state index contributed by atoms with van der Waals surface area (Å²) in [6.07, 6.45) is 0. The van der Waals surface area contributed by atoms with Crippen molar-refractivity contribution >= 4 is 5.91 Å². The van der Waals surface area contributed by atoms with Crippen LogP contribution in [0.4, 0.5) is 0 Å².